The van der Waals surface area contributed by atoms with Crippen LogP contribution in [0.25, 0.3) is 0 Å². The minimum atomic E-state index is -0.583. The van der Waals surface area contributed by atoms with Gasteiger partial charge in [-0.15, -0.1) is 35.0 Å². The van der Waals surface area contributed by atoms with Crippen molar-refractivity contribution in [3.05, 3.63) is 71.8 Å². The first-order valence-corrected chi connectivity index (χ1v) is 8.57. The van der Waals surface area contributed by atoms with Crippen molar-refractivity contribution in [3.8, 4) is 0 Å². The van der Waals surface area contributed by atoms with Crippen molar-refractivity contribution in [2.75, 3.05) is 0 Å². The first kappa shape index (κ1) is 15.0. The summed E-state index contributed by atoms with van der Waals surface area (Å²) in [5, 5.41) is -1.30. The molecule has 1 heterocycles. The van der Waals surface area contributed by atoms with Gasteiger partial charge >= 0.3 is 0 Å². The van der Waals surface area contributed by atoms with Gasteiger partial charge in [0.25, 0.3) is 0 Å². The highest BCUT2D eigenvalue weighted by molar-refractivity contribution is 8.00. The Hall–Kier alpha value is -0.960. The second-order valence-corrected chi connectivity index (χ2v) is 7.23. The summed E-state index contributed by atoms with van der Waals surface area (Å²) < 4.78 is 0. The van der Waals surface area contributed by atoms with Crippen LogP contribution in [0.4, 0.5) is 0 Å². The molecule has 4 heteroatoms. The quantitative estimate of drug-likeness (QED) is 0.718. The Labute approximate surface area is 138 Å². The molecule has 21 heavy (non-hydrogen) atoms. The van der Waals surface area contributed by atoms with Gasteiger partial charge in [0.2, 0.25) is 0 Å². The number of alkyl halides is 2. The van der Waals surface area contributed by atoms with Crippen LogP contribution in [-0.2, 0) is 4.79 Å². The van der Waals surface area contributed by atoms with E-state index in [-0.39, 0.29) is 16.3 Å². The zero-order valence-electron chi connectivity index (χ0n) is 11.2. The lowest BCUT2D eigenvalue weighted by atomic mass is 9.99. The average molecular weight is 337 g/mol. The fraction of sp³-hybridized carbons (Fsp3) is 0.235. The number of hydrogen-bond donors (Lipinski definition) is 0. The third-order valence-electron chi connectivity index (χ3n) is 3.62. The Bertz CT molecular complexity index is 564. The van der Waals surface area contributed by atoms with E-state index in [1.807, 2.05) is 60.7 Å². The maximum Gasteiger partial charge on any atom is 0.171 e. The Morgan fingerprint density at radius 3 is 1.48 bits per heavy atom. The molecule has 1 nitrogen and oxygen atoms in total. The maximum atomic E-state index is 12.4. The predicted octanol–water partition coefficient (Wildman–Crippen LogP) is 5.00. The Morgan fingerprint density at radius 1 is 0.714 bits per heavy atom. The molecule has 3 rings (SSSR count). The number of rotatable bonds is 2. The van der Waals surface area contributed by atoms with E-state index in [2.05, 4.69) is 0 Å². The van der Waals surface area contributed by atoms with E-state index in [1.165, 1.54) is 0 Å². The van der Waals surface area contributed by atoms with Gasteiger partial charge in [0, 0.05) is 0 Å². The van der Waals surface area contributed by atoms with Gasteiger partial charge in [0.1, 0.15) is 10.8 Å². The molecule has 2 aromatic rings. The summed E-state index contributed by atoms with van der Waals surface area (Å²) in [5.74, 6) is -0.0835. The van der Waals surface area contributed by atoms with Crippen LogP contribution in [0.1, 0.15) is 21.6 Å². The third-order valence-corrected chi connectivity index (χ3v) is 6.53. The minimum absolute atomic E-state index is 0.0689. The van der Waals surface area contributed by atoms with Gasteiger partial charge in [-0.3, -0.25) is 4.79 Å². The van der Waals surface area contributed by atoms with Crippen LogP contribution in [0.3, 0.4) is 0 Å². The number of benzene rings is 2. The molecule has 0 aliphatic carbocycles. The normalized spacial score (nSPS) is 29.3. The summed E-state index contributed by atoms with van der Waals surface area (Å²) >= 11 is 14.4. The summed E-state index contributed by atoms with van der Waals surface area (Å²) in [4.78, 5) is 12.4. The van der Waals surface area contributed by atoms with E-state index >= 15 is 0 Å². The minimum Gasteiger partial charge on any atom is -0.296 e. The van der Waals surface area contributed by atoms with Gasteiger partial charge in [-0.25, -0.2) is 0 Å². The largest absolute Gasteiger partial charge is 0.296 e. The molecule has 2 aromatic carbocycles. The fourth-order valence-corrected chi connectivity index (χ4v) is 5.00. The Kier molecular flexibility index (Phi) is 4.58. The molecule has 4 unspecified atom stereocenters. The molecule has 0 N–H and O–H groups in total. The molecular formula is C17H14Cl2OS. The highest BCUT2D eigenvalue weighted by atomic mass is 35.5. The number of thioether (sulfide) groups is 1. The number of Topliss-reactive ketones (excluding diaryl/α,β-unsaturated/α-hetero) is 1. The van der Waals surface area contributed by atoms with Crippen LogP contribution in [-0.4, -0.2) is 16.5 Å². The monoisotopic (exact) mass is 336 g/mol. The second-order valence-electron chi connectivity index (χ2n) is 5.00. The molecule has 1 aliphatic rings. The first-order chi connectivity index (χ1) is 10.2. The van der Waals surface area contributed by atoms with E-state index in [4.69, 9.17) is 23.2 Å². The Morgan fingerprint density at radius 2 is 1.10 bits per heavy atom. The SMILES string of the molecule is O=C1C(Cl)C(c2ccccc2)SC(c2ccccc2)C1Cl. The van der Waals surface area contributed by atoms with Gasteiger partial charge in [-0.2, -0.15) is 0 Å². The number of carbonyl (C=O) groups excluding carboxylic acids is 1. The van der Waals surface area contributed by atoms with Crippen LogP contribution in [0, 0.1) is 0 Å². The molecule has 1 aliphatic heterocycles. The molecule has 1 fully saturated rings. The molecule has 0 bridgehead atoms. The van der Waals surface area contributed by atoms with Crippen molar-refractivity contribution >= 4 is 40.7 Å². The summed E-state index contributed by atoms with van der Waals surface area (Å²) in [6.07, 6.45) is 0. The van der Waals surface area contributed by atoms with Gasteiger partial charge < -0.3 is 0 Å². The van der Waals surface area contributed by atoms with Crippen molar-refractivity contribution in [2.24, 2.45) is 0 Å². The fourth-order valence-electron chi connectivity index (χ4n) is 2.53. The van der Waals surface area contributed by atoms with Gasteiger partial charge in [-0.1, -0.05) is 60.7 Å². The summed E-state index contributed by atoms with van der Waals surface area (Å²) in [7, 11) is 0. The summed E-state index contributed by atoms with van der Waals surface area (Å²) in [6, 6.07) is 19.8. The third kappa shape index (κ3) is 2.98. The van der Waals surface area contributed by atoms with Crippen molar-refractivity contribution in [2.45, 2.75) is 21.3 Å². The van der Waals surface area contributed by atoms with Gasteiger partial charge in [0.15, 0.2) is 5.78 Å². The molecule has 0 saturated carbocycles. The zero-order valence-corrected chi connectivity index (χ0v) is 13.5. The van der Waals surface area contributed by atoms with E-state index < -0.39 is 10.8 Å². The average Bonchev–Trinajstić information content (AvgIpc) is 2.55. The maximum absolute atomic E-state index is 12.4. The van der Waals surface area contributed by atoms with E-state index in [0.29, 0.717) is 0 Å². The molecule has 4 atom stereocenters. The lowest BCUT2D eigenvalue weighted by Crippen LogP contribution is -2.37. The van der Waals surface area contributed by atoms with Crippen LogP contribution >= 0.6 is 35.0 Å². The second kappa shape index (κ2) is 6.43. The molecule has 0 spiro atoms. The van der Waals surface area contributed by atoms with Crippen molar-refractivity contribution in [1.29, 1.82) is 0 Å². The highest BCUT2D eigenvalue weighted by Gasteiger charge is 2.43. The first-order valence-electron chi connectivity index (χ1n) is 6.75. The van der Waals surface area contributed by atoms with Gasteiger partial charge in [0.05, 0.1) is 10.5 Å². The van der Waals surface area contributed by atoms with E-state index in [0.717, 1.165) is 11.1 Å². The van der Waals surface area contributed by atoms with E-state index in [1.54, 1.807) is 11.8 Å². The van der Waals surface area contributed by atoms with Crippen LogP contribution in [0.5, 0.6) is 0 Å². The molecule has 0 aromatic heterocycles. The van der Waals surface area contributed by atoms with Crippen molar-refractivity contribution in [3.63, 3.8) is 0 Å². The lowest BCUT2D eigenvalue weighted by molar-refractivity contribution is -0.118. The summed E-state index contributed by atoms with van der Waals surface area (Å²) in [6.45, 7) is 0. The van der Waals surface area contributed by atoms with Crippen molar-refractivity contribution < 1.29 is 4.79 Å². The molecule has 0 radical (unpaired) electrons. The highest BCUT2D eigenvalue weighted by Crippen LogP contribution is 2.52. The molecule has 108 valence electrons. The molecule has 0 amide bonds. The van der Waals surface area contributed by atoms with Crippen molar-refractivity contribution in [1.82, 2.24) is 0 Å². The number of carbonyl (C=O) groups is 1. The van der Waals surface area contributed by atoms with Gasteiger partial charge in [-0.05, 0) is 11.1 Å². The molecule has 1 saturated heterocycles. The number of halogens is 2. The van der Waals surface area contributed by atoms with E-state index in [9.17, 15) is 4.79 Å². The predicted molar refractivity (Wildman–Crippen MR) is 90.2 cm³/mol. The number of hydrogen-bond acceptors (Lipinski definition) is 2. The topological polar surface area (TPSA) is 17.1 Å². The van der Waals surface area contributed by atoms with Crippen LogP contribution in [0.15, 0.2) is 60.7 Å². The molecular weight excluding hydrogens is 323 g/mol. The standard InChI is InChI=1S/C17H14Cl2OS/c18-13-15(20)14(19)17(12-9-5-2-6-10-12)21-16(13)11-7-3-1-4-8-11/h1-10,13-14,16-17H. The zero-order chi connectivity index (χ0) is 14.8. The van der Waals surface area contributed by atoms with Crippen LogP contribution < -0.4 is 0 Å². The number of ketones is 1. The lowest BCUT2D eigenvalue weighted by Gasteiger charge is -2.35. The van der Waals surface area contributed by atoms with Crippen LogP contribution in [0.2, 0.25) is 0 Å². The smallest absolute Gasteiger partial charge is 0.171 e. The Balaban J connectivity index is 1.95. The summed E-state index contributed by atoms with van der Waals surface area (Å²) in [5.41, 5.74) is 2.14.